The molecule has 660 valence electrons. The summed E-state index contributed by atoms with van der Waals surface area (Å²) in [5, 5.41) is 13.7. The molecule has 4 aliphatic carbocycles. The lowest BCUT2D eigenvalue weighted by molar-refractivity contribution is 0.0648. The Hall–Kier alpha value is -13.9. The number of ether oxygens (including phenoxy) is 3. The first-order chi connectivity index (χ1) is 64.5. The molecule has 18 aromatic carbocycles. The van der Waals surface area contributed by atoms with Crippen molar-refractivity contribution in [3.8, 4) is 102 Å². The van der Waals surface area contributed by atoms with Crippen LogP contribution in [0.1, 0.15) is 241 Å². The van der Waals surface area contributed by atoms with E-state index >= 15 is 0 Å². The predicted molar refractivity (Wildman–Crippen MR) is 567 cm³/mol. The van der Waals surface area contributed by atoms with Crippen LogP contribution in [0.5, 0.6) is 0 Å². The van der Waals surface area contributed by atoms with Gasteiger partial charge >= 0.3 is 0 Å². The summed E-state index contributed by atoms with van der Waals surface area (Å²) in [7, 11) is 5.70. The van der Waals surface area contributed by atoms with Crippen LogP contribution in [-0.4, -0.2) is 21.3 Å². The fourth-order valence-corrected chi connectivity index (χ4v) is 22.9. The van der Waals surface area contributed by atoms with E-state index in [4.69, 9.17) is 14.2 Å². The molecule has 0 fully saturated rings. The lowest BCUT2D eigenvalue weighted by Gasteiger charge is -2.34. The van der Waals surface area contributed by atoms with Crippen molar-refractivity contribution >= 4 is 64.6 Å². The van der Waals surface area contributed by atoms with E-state index in [1.54, 1.807) is 0 Å². The molecule has 0 atom stereocenters. The zero-order valence-electron chi connectivity index (χ0n) is 81.7. The van der Waals surface area contributed by atoms with Gasteiger partial charge in [0.1, 0.15) is 16.8 Å². The molecule has 3 heteroatoms. The van der Waals surface area contributed by atoms with E-state index < -0.39 is 16.8 Å². The Labute approximate surface area is 797 Å². The Kier molecular flexibility index (Phi) is 19.7. The quantitative estimate of drug-likeness (QED) is 0.106. The van der Waals surface area contributed by atoms with Crippen LogP contribution >= 0.6 is 0 Å². The molecule has 0 unspecified atom stereocenters. The van der Waals surface area contributed by atoms with Crippen molar-refractivity contribution in [3.05, 3.63) is 426 Å². The summed E-state index contributed by atoms with van der Waals surface area (Å²) in [5.74, 6) is 22.8. The monoisotopic (exact) mass is 1750 g/mol. The van der Waals surface area contributed by atoms with Crippen LogP contribution in [0.15, 0.2) is 309 Å². The second-order valence-electron chi connectivity index (χ2n) is 44.4. The van der Waals surface area contributed by atoms with Crippen molar-refractivity contribution in [3.63, 3.8) is 0 Å². The van der Waals surface area contributed by atoms with E-state index in [0.29, 0.717) is 0 Å². The van der Waals surface area contributed by atoms with E-state index in [1.165, 1.54) is 66.8 Å². The molecular formula is C132H114O3. The first-order valence-corrected chi connectivity index (χ1v) is 47.9. The largest absolute Gasteiger partial charge is 0.364 e. The molecule has 18 aromatic rings. The van der Waals surface area contributed by atoms with Gasteiger partial charge in [-0.15, -0.1) is 0 Å². The van der Waals surface area contributed by atoms with Crippen LogP contribution in [0.3, 0.4) is 0 Å². The van der Waals surface area contributed by atoms with Crippen molar-refractivity contribution < 1.29 is 14.2 Å². The first kappa shape index (κ1) is 86.5. The van der Waals surface area contributed by atoms with Crippen molar-refractivity contribution in [1.29, 1.82) is 0 Å². The summed E-state index contributed by atoms with van der Waals surface area (Å²) in [6, 6.07) is 117. The zero-order chi connectivity index (χ0) is 93.9. The van der Waals surface area contributed by atoms with Crippen LogP contribution in [0.4, 0.5) is 0 Å². The standard InChI is InChI=1S/C132H114O3/c1-124(2,3)88-70-85(71-89(76-88)125(4,5)6)118-94-34-22-28-40-100(94)121(101-41-29-23-35-95(101)118)130(133-19)112-58-52-79-46-48-81-54-60-114-108(66-81)110-68-83(56-62-116(110)131(114,134-20)122-102-42-30-24-36-96(102)119(97-37-25-31-43-103(97)122)86-72-90(126(7,8)9)77-91(73-86)127(10,11)12)50-51-84-57-63-117-111(69-84)109-67-82(49-47-80-53-59-113(130)107(65-80)106(112)64-79)55-61-115(109)132(117,135-21)123-104-44-32-26-38-98(104)120(99-39-27-33-45-105(99)123)87-74-92(128(13,14)15)78-93(75-87)129(16,17)18/h22-45,52-78H,1-21H3. The van der Waals surface area contributed by atoms with E-state index in [1.807, 2.05) is 21.3 Å². The molecule has 0 amide bonds. The fraction of sp³-hybridized carbons (Fsp3) is 0.227. The van der Waals surface area contributed by atoms with Crippen LogP contribution < -0.4 is 0 Å². The first-order valence-electron chi connectivity index (χ1n) is 47.9. The summed E-state index contributed by atoms with van der Waals surface area (Å²) in [5.41, 5.74) is 32.0. The molecule has 0 radical (unpaired) electrons. The topological polar surface area (TPSA) is 27.7 Å². The van der Waals surface area contributed by atoms with Gasteiger partial charge in [0.2, 0.25) is 0 Å². The van der Waals surface area contributed by atoms with E-state index in [0.717, 1.165) is 181 Å². The summed E-state index contributed by atoms with van der Waals surface area (Å²) >= 11 is 0. The van der Waals surface area contributed by atoms with Gasteiger partial charge in [-0.25, -0.2) is 0 Å². The van der Waals surface area contributed by atoms with Gasteiger partial charge in [0.25, 0.3) is 0 Å². The fourth-order valence-electron chi connectivity index (χ4n) is 22.9. The predicted octanol–water partition coefficient (Wildman–Crippen LogP) is 32.7. The number of methoxy groups -OCH3 is 3. The smallest absolute Gasteiger partial charge is 0.145 e. The summed E-state index contributed by atoms with van der Waals surface area (Å²) in [6.45, 7) is 41.9. The average Bonchev–Trinajstić information content (AvgIpc) is 1.38. The lowest BCUT2D eigenvalue weighted by Crippen LogP contribution is -2.30. The normalized spacial score (nSPS) is 16.5. The summed E-state index contributed by atoms with van der Waals surface area (Å²) in [6.07, 6.45) is 0. The molecule has 0 aromatic heterocycles. The minimum atomic E-state index is -1.12. The molecule has 0 saturated carbocycles. The van der Waals surface area contributed by atoms with Crippen LogP contribution in [0.2, 0.25) is 0 Å². The van der Waals surface area contributed by atoms with Crippen molar-refractivity contribution in [2.75, 3.05) is 21.3 Å². The van der Waals surface area contributed by atoms with Crippen molar-refractivity contribution in [2.45, 2.75) is 174 Å². The third kappa shape index (κ3) is 13.5. The highest BCUT2D eigenvalue weighted by atomic mass is 16.5. The molecule has 12 bridgehead atoms. The molecule has 0 saturated heterocycles. The van der Waals surface area contributed by atoms with Crippen LogP contribution in [0.25, 0.3) is 131 Å². The Morgan fingerprint density at radius 3 is 0.467 bits per heavy atom. The maximum Gasteiger partial charge on any atom is 0.145 e. The highest BCUT2D eigenvalue weighted by molar-refractivity contribution is 6.20. The van der Waals surface area contributed by atoms with Crippen LogP contribution in [0, 0.1) is 35.5 Å². The van der Waals surface area contributed by atoms with Crippen molar-refractivity contribution in [2.24, 2.45) is 0 Å². The second-order valence-corrected chi connectivity index (χ2v) is 44.4. The summed E-state index contributed by atoms with van der Waals surface area (Å²) in [4.78, 5) is 0. The number of fused-ring (bicyclic) bond motifs is 12. The molecular weight excluding hydrogens is 1630 g/mol. The number of benzene rings is 18. The molecule has 0 N–H and O–H groups in total. The molecule has 0 aliphatic heterocycles. The number of hydrogen-bond acceptors (Lipinski definition) is 3. The lowest BCUT2D eigenvalue weighted by atomic mass is 9.75. The van der Waals surface area contributed by atoms with Gasteiger partial charge in [-0.2, -0.15) is 0 Å². The highest BCUT2D eigenvalue weighted by Crippen LogP contribution is 2.63. The molecule has 0 heterocycles. The third-order valence-electron chi connectivity index (χ3n) is 29.9. The highest BCUT2D eigenvalue weighted by Gasteiger charge is 2.52. The Bertz CT molecular complexity index is 7160. The maximum absolute atomic E-state index is 7.55. The van der Waals surface area contributed by atoms with E-state index in [2.05, 4.69) is 470 Å². The molecule has 4 aliphatic rings. The maximum atomic E-state index is 7.55. The minimum absolute atomic E-state index is 0.103. The number of hydrogen-bond donors (Lipinski definition) is 0. The molecule has 22 rings (SSSR count). The van der Waals surface area contributed by atoms with Crippen LogP contribution in [-0.2, 0) is 63.5 Å². The Morgan fingerprint density at radius 2 is 0.326 bits per heavy atom. The molecule has 3 nitrogen and oxygen atoms in total. The molecule has 0 spiro atoms. The Morgan fingerprint density at radius 1 is 0.178 bits per heavy atom. The van der Waals surface area contributed by atoms with E-state index in [9.17, 15) is 0 Å². The van der Waals surface area contributed by atoms with Gasteiger partial charge in [0, 0.05) is 105 Å². The SMILES string of the molecule is COC1(c2c3ccccc3c(-c3cc(C(C)(C)C)cc(C(C)(C)C)c3)c3ccccc23)c2ccc3cc2-c2cc(ccc21)C#Cc1ccc2c(c1)-c1cc(ccc1C2(OC)c1c2ccccc2c(-c2cc(C(C)(C)C)cc(C(C)(C)C)c2)c2ccccc12)C#Cc1ccc2c(c1)-c1cc(ccc1C2(OC)c1c2ccccc2c(-c2cc(C(C)(C)C)cc(C(C)(C)C)c2)c2ccccc12)C#C3. The average molecular weight is 1750 g/mol. The Balaban J connectivity index is 0.794. The van der Waals surface area contributed by atoms with Gasteiger partial charge in [-0.1, -0.05) is 397 Å². The molecule has 135 heavy (non-hydrogen) atoms. The van der Waals surface area contributed by atoms with E-state index in [-0.39, 0.29) is 32.5 Å². The zero-order valence-corrected chi connectivity index (χ0v) is 81.7. The van der Waals surface area contributed by atoms with Gasteiger partial charge in [0.15, 0.2) is 0 Å². The van der Waals surface area contributed by atoms with Gasteiger partial charge in [-0.3, -0.25) is 0 Å². The van der Waals surface area contributed by atoms with Gasteiger partial charge in [-0.05, 0) is 270 Å². The summed E-state index contributed by atoms with van der Waals surface area (Å²) < 4.78 is 22.7. The second kappa shape index (κ2) is 30.8. The van der Waals surface area contributed by atoms with Gasteiger partial charge in [0.05, 0.1) is 0 Å². The minimum Gasteiger partial charge on any atom is -0.364 e. The van der Waals surface area contributed by atoms with Gasteiger partial charge < -0.3 is 14.2 Å². The van der Waals surface area contributed by atoms with Crippen molar-refractivity contribution in [1.82, 2.24) is 0 Å². The number of rotatable bonds is 9. The third-order valence-corrected chi connectivity index (χ3v) is 29.9.